The third-order valence-electron chi connectivity index (χ3n) is 5.08. The predicted octanol–water partition coefficient (Wildman–Crippen LogP) is 3.46. The zero-order valence-corrected chi connectivity index (χ0v) is 13.6. The molecule has 0 aliphatic carbocycles. The van der Waals surface area contributed by atoms with E-state index in [1.54, 1.807) is 0 Å². The zero-order chi connectivity index (χ0) is 15.3. The molecule has 118 valence electrons. The van der Waals surface area contributed by atoms with Gasteiger partial charge in [-0.1, -0.05) is 32.9 Å². The summed E-state index contributed by atoms with van der Waals surface area (Å²) >= 11 is 0. The number of rotatable bonds is 8. The van der Waals surface area contributed by atoms with Gasteiger partial charge in [-0.3, -0.25) is 0 Å². The first-order valence-corrected chi connectivity index (χ1v) is 8.28. The summed E-state index contributed by atoms with van der Waals surface area (Å²) in [5.74, 6) is 1.04. The van der Waals surface area contributed by atoms with Gasteiger partial charge in [0.15, 0.2) is 0 Å². The number of nitrogens with one attached hydrogen (secondary N) is 1. The second-order valence-electron chi connectivity index (χ2n) is 6.17. The lowest BCUT2D eigenvalue weighted by Gasteiger charge is -2.32. The second kappa shape index (κ2) is 7.28. The molecular weight excluding hydrogens is 262 g/mol. The van der Waals surface area contributed by atoms with Crippen molar-refractivity contribution in [3.63, 3.8) is 0 Å². The first kappa shape index (κ1) is 16.3. The van der Waals surface area contributed by atoms with Crippen molar-refractivity contribution in [2.75, 3.05) is 19.8 Å². The second-order valence-corrected chi connectivity index (χ2v) is 6.17. The summed E-state index contributed by atoms with van der Waals surface area (Å²) in [5.41, 5.74) is 2.67. The first-order valence-electron chi connectivity index (χ1n) is 8.28. The van der Waals surface area contributed by atoms with E-state index >= 15 is 0 Å². The van der Waals surface area contributed by atoms with Gasteiger partial charge in [-0.05, 0) is 36.5 Å². The van der Waals surface area contributed by atoms with Crippen molar-refractivity contribution < 1.29 is 9.84 Å². The van der Waals surface area contributed by atoms with Crippen LogP contribution < -0.4 is 10.1 Å². The Labute approximate surface area is 128 Å². The average Bonchev–Trinajstić information content (AvgIpc) is 3.00. The monoisotopic (exact) mass is 291 g/mol. The Bertz CT molecular complexity index is 446. The van der Waals surface area contributed by atoms with E-state index in [4.69, 9.17) is 4.74 Å². The molecule has 0 saturated carbocycles. The van der Waals surface area contributed by atoms with Crippen LogP contribution in [0.5, 0.6) is 5.75 Å². The van der Waals surface area contributed by atoms with Crippen LogP contribution in [0.3, 0.4) is 0 Å². The molecule has 0 fully saturated rings. The Hall–Kier alpha value is -1.06. The number of hydrogen-bond acceptors (Lipinski definition) is 3. The molecule has 1 aromatic carbocycles. The normalized spacial score (nSPS) is 15.6. The highest BCUT2D eigenvalue weighted by atomic mass is 16.5. The minimum atomic E-state index is 0.00720. The van der Waals surface area contributed by atoms with Crippen molar-refractivity contribution in [1.82, 2.24) is 5.32 Å². The minimum Gasteiger partial charge on any atom is -0.493 e. The maximum Gasteiger partial charge on any atom is 0.122 e. The van der Waals surface area contributed by atoms with Crippen LogP contribution in [0.2, 0.25) is 0 Å². The van der Waals surface area contributed by atoms with Crippen molar-refractivity contribution in [1.29, 1.82) is 0 Å². The molecule has 1 atom stereocenters. The van der Waals surface area contributed by atoms with Crippen LogP contribution in [-0.2, 0) is 6.42 Å². The molecule has 3 nitrogen and oxygen atoms in total. The number of aliphatic hydroxyl groups excluding tert-OH is 1. The molecule has 2 N–H and O–H groups in total. The van der Waals surface area contributed by atoms with Gasteiger partial charge in [-0.25, -0.2) is 0 Å². The number of aliphatic hydroxyl groups is 1. The van der Waals surface area contributed by atoms with E-state index in [2.05, 4.69) is 44.3 Å². The van der Waals surface area contributed by atoms with Gasteiger partial charge in [0.05, 0.1) is 6.61 Å². The van der Waals surface area contributed by atoms with E-state index in [9.17, 15) is 5.11 Å². The summed E-state index contributed by atoms with van der Waals surface area (Å²) in [4.78, 5) is 0. The van der Waals surface area contributed by atoms with Gasteiger partial charge in [0.25, 0.3) is 0 Å². The van der Waals surface area contributed by atoms with Gasteiger partial charge in [0.2, 0.25) is 0 Å². The van der Waals surface area contributed by atoms with Crippen molar-refractivity contribution in [2.24, 2.45) is 5.41 Å². The molecule has 21 heavy (non-hydrogen) atoms. The van der Waals surface area contributed by atoms with Gasteiger partial charge in [0.1, 0.15) is 5.75 Å². The number of fused-ring (bicyclic) bond motifs is 1. The Kier molecular flexibility index (Phi) is 5.65. The molecule has 2 rings (SSSR count). The van der Waals surface area contributed by atoms with Crippen molar-refractivity contribution in [3.8, 4) is 5.75 Å². The molecule has 1 aliphatic heterocycles. The highest BCUT2D eigenvalue weighted by molar-refractivity contribution is 5.40. The lowest BCUT2D eigenvalue weighted by atomic mass is 9.82. The van der Waals surface area contributed by atoms with E-state index in [-0.39, 0.29) is 12.0 Å². The maximum atomic E-state index is 9.70. The molecule has 0 saturated heterocycles. The zero-order valence-electron chi connectivity index (χ0n) is 13.6. The van der Waals surface area contributed by atoms with Gasteiger partial charge in [0, 0.05) is 31.0 Å². The molecule has 0 amide bonds. The summed E-state index contributed by atoms with van der Waals surface area (Å²) in [6.07, 6.45) is 4.07. The Morgan fingerprint density at radius 2 is 2.05 bits per heavy atom. The molecule has 1 aliphatic rings. The van der Waals surface area contributed by atoms with E-state index in [0.717, 1.165) is 44.6 Å². The molecule has 3 heteroatoms. The Balaban J connectivity index is 2.06. The maximum absolute atomic E-state index is 9.70. The topological polar surface area (TPSA) is 41.5 Å². The fourth-order valence-corrected chi connectivity index (χ4v) is 3.04. The number of ether oxygens (including phenoxy) is 1. The summed E-state index contributed by atoms with van der Waals surface area (Å²) in [7, 11) is 0. The van der Waals surface area contributed by atoms with E-state index in [0.29, 0.717) is 6.04 Å². The smallest absolute Gasteiger partial charge is 0.122 e. The van der Waals surface area contributed by atoms with Crippen molar-refractivity contribution >= 4 is 0 Å². The van der Waals surface area contributed by atoms with Crippen LogP contribution in [0.4, 0.5) is 0 Å². The van der Waals surface area contributed by atoms with Gasteiger partial charge < -0.3 is 15.2 Å². The molecule has 1 unspecified atom stereocenters. The molecule has 1 heterocycles. The Morgan fingerprint density at radius 1 is 1.29 bits per heavy atom. The van der Waals surface area contributed by atoms with E-state index < -0.39 is 0 Å². The van der Waals surface area contributed by atoms with E-state index in [1.807, 2.05) is 0 Å². The summed E-state index contributed by atoms with van der Waals surface area (Å²) in [6, 6.07) is 6.90. The predicted molar refractivity (Wildman–Crippen MR) is 86.8 cm³/mol. The molecule has 0 aromatic heterocycles. The molecular formula is C18H29NO2. The van der Waals surface area contributed by atoms with Crippen molar-refractivity contribution in [3.05, 3.63) is 29.3 Å². The standard InChI is InChI=1S/C18H29NO2/c1-4-16(19-12-18(5-2,6-3)13-20)14-7-8-17-15(11-14)9-10-21-17/h7-8,11,16,19-20H,4-6,9-10,12-13H2,1-3H3. The lowest BCUT2D eigenvalue weighted by Crippen LogP contribution is -2.38. The highest BCUT2D eigenvalue weighted by Crippen LogP contribution is 2.30. The Morgan fingerprint density at radius 3 is 2.67 bits per heavy atom. The van der Waals surface area contributed by atoms with Crippen LogP contribution in [-0.4, -0.2) is 24.9 Å². The third-order valence-corrected chi connectivity index (χ3v) is 5.08. The van der Waals surface area contributed by atoms with Gasteiger partial charge in [-0.15, -0.1) is 0 Å². The lowest BCUT2D eigenvalue weighted by molar-refractivity contribution is 0.109. The molecule has 0 bridgehead atoms. The summed E-state index contributed by atoms with van der Waals surface area (Å²) in [6.45, 7) is 8.45. The number of hydrogen-bond donors (Lipinski definition) is 2. The SMILES string of the molecule is CCC(NCC(CC)(CC)CO)c1ccc2c(c1)CCO2. The van der Waals surface area contributed by atoms with E-state index in [1.165, 1.54) is 11.1 Å². The largest absolute Gasteiger partial charge is 0.493 e. The highest BCUT2D eigenvalue weighted by Gasteiger charge is 2.26. The third kappa shape index (κ3) is 3.58. The van der Waals surface area contributed by atoms with Crippen LogP contribution in [0.15, 0.2) is 18.2 Å². The van der Waals surface area contributed by atoms with Crippen LogP contribution in [0.1, 0.15) is 57.2 Å². The average molecular weight is 291 g/mol. The van der Waals surface area contributed by atoms with Crippen molar-refractivity contribution in [2.45, 2.75) is 52.5 Å². The van der Waals surface area contributed by atoms with Gasteiger partial charge >= 0.3 is 0 Å². The summed E-state index contributed by atoms with van der Waals surface area (Å²) < 4.78 is 5.58. The molecule has 1 aromatic rings. The fraction of sp³-hybridized carbons (Fsp3) is 0.667. The van der Waals surface area contributed by atoms with Gasteiger partial charge in [-0.2, -0.15) is 0 Å². The van der Waals surface area contributed by atoms with Crippen LogP contribution in [0.25, 0.3) is 0 Å². The van der Waals surface area contributed by atoms with Crippen LogP contribution in [0, 0.1) is 5.41 Å². The minimum absolute atomic E-state index is 0.00720. The number of benzene rings is 1. The molecule has 0 radical (unpaired) electrons. The fourth-order valence-electron chi connectivity index (χ4n) is 3.04. The van der Waals surface area contributed by atoms with Crippen LogP contribution >= 0.6 is 0 Å². The molecule has 0 spiro atoms. The quantitative estimate of drug-likeness (QED) is 0.770. The summed E-state index contributed by atoms with van der Waals surface area (Å²) in [5, 5.41) is 13.4. The first-order chi connectivity index (χ1) is 10.2.